The van der Waals surface area contributed by atoms with E-state index in [0.717, 1.165) is 18.5 Å². The smallest absolute Gasteiger partial charge is 0.240 e. The fraction of sp³-hybridized carbons (Fsp3) is 0.400. The summed E-state index contributed by atoms with van der Waals surface area (Å²) in [5.41, 5.74) is 0.739. The van der Waals surface area contributed by atoms with Gasteiger partial charge in [-0.15, -0.1) is 0 Å². The molecule has 5 nitrogen and oxygen atoms in total. The van der Waals surface area contributed by atoms with Gasteiger partial charge < -0.3 is 10.6 Å². The van der Waals surface area contributed by atoms with Gasteiger partial charge >= 0.3 is 0 Å². The molecular formula is C15H19N3O2S. The summed E-state index contributed by atoms with van der Waals surface area (Å²) in [5, 5.41) is 5.75. The van der Waals surface area contributed by atoms with E-state index in [1.807, 2.05) is 30.3 Å². The van der Waals surface area contributed by atoms with E-state index in [1.165, 1.54) is 11.8 Å². The summed E-state index contributed by atoms with van der Waals surface area (Å²) >= 11 is 1.34. The molecule has 1 aromatic rings. The Morgan fingerprint density at radius 3 is 2.86 bits per heavy atom. The maximum absolute atomic E-state index is 11.9. The Balaban J connectivity index is 1.84. The number of nitrogens with one attached hydrogen (secondary N) is 2. The van der Waals surface area contributed by atoms with Crippen LogP contribution in [0.2, 0.25) is 0 Å². The minimum absolute atomic E-state index is 0.140. The number of carbonyl (C=O) groups is 2. The first-order chi connectivity index (χ1) is 10.2. The van der Waals surface area contributed by atoms with Crippen molar-refractivity contribution in [2.75, 3.05) is 11.9 Å². The van der Waals surface area contributed by atoms with Gasteiger partial charge in [0.15, 0.2) is 5.17 Å². The lowest BCUT2D eigenvalue weighted by Gasteiger charge is -2.07. The lowest BCUT2D eigenvalue weighted by molar-refractivity contribution is -0.122. The van der Waals surface area contributed by atoms with Crippen LogP contribution in [0.25, 0.3) is 0 Å². The molecule has 0 saturated carbocycles. The zero-order valence-electron chi connectivity index (χ0n) is 12.0. The highest BCUT2D eigenvalue weighted by Gasteiger charge is 2.31. The van der Waals surface area contributed by atoms with Gasteiger partial charge in [0.05, 0.1) is 0 Å². The first-order valence-electron chi connectivity index (χ1n) is 7.06. The number of unbranched alkanes of at least 4 members (excludes halogenated alkanes) is 1. The van der Waals surface area contributed by atoms with E-state index >= 15 is 0 Å². The Kier molecular flexibility index (Phi) is 5.80. The molecule has 0 spiro atoms. The molecule has 6 heteroatoms. The van der Waals surface area contributed by atoms with Gasteiger partial charge in [-0.25, -0.2) is 0 Å². The first kappa shape index (κ1) is 15.6. The number of amidine groups is 1. The van der Waals surface area contributed by atoms with Crippen LogP contribution in [0.5, 0.6) is 0 Å². The van der Waals surface area contributed by atoms with Gasteiger partial charge in [0, 0.05) is 18.7 Å². The molecule has 1 saturated heterocycles. The summed E-state index contributed by atoms with van der Waals surface area (Å²) in [4.78, 5) is 28.1. The number of hydrogen-bond donors (Lipinski definition) is 2. The van der Waals surface area contributed by atoms with E-state index < -0.39 is 5.25 Å². The van der Waals surface area contributed by atoms with E-state index in [2.05, 4.69) is 22.5 Å². The Hall–Kier alpha value is -1.82. The number of aliphatic imine (C=N–C) groups is 1. The quantitative estimate of drug-likeness (QED) is 0.793. The zero-order valence-corrected chi connectivity index (χ0v) is 12.8. The molecule has 0 aliphatic carbocycles. The molecule has 1 aliphatic heterocycles. The van der Waals surface area contributed by atoms with Crippen LogP contribution in [0, 0.1) is 0 Å². The summed E-state index contributed by atoms with van der Waals surface area (Å²) in [7, 11) is 0. The van der Waals surface area contributed by atoms with Crippen molar-refractivity contribution in [3.8, 4) is 0 Å². The predicted molar refractivity (Wildman–Crippen MR) is 86.4 cm³/mol. The number of thioether (sulfide) groups is 1. The number of para-hydroxylation sites is 1. The van der Waals surface area contributed by atoms with Crippen LogP contribution >= 0.6 is 11.8 Å². The second kappa shape index (κ2) is 7.83. The highest BCUT2D eigenvalue weighted by molar-refractivity contribution is 8.15. The van der Waals surface area contributed by atoms with Gasteiger partial charge in [0.25, 0.3) is 0 Å². The van der Waals surface area contributed by atoms with Crippen LogP contribution < -0.4 is 10.6 Å². The van der Waals surface area contributed by atoms with Crippen molar-refractivity contribution in [1.82, 2.24) is 5.32 Å². The van der Waals surface area contributed by atoms with Crippen molar-refractivity contribution in [1.29, 1.82) is 0 Å². The van der Waals surface area contributed by atoms with E-state index in [1.54, 1.807) is 0 Å². The number of rotatable bonds is 6. The second-order valence-corrected chi connectivity index (χ2v) is 5.95. The van der Waals surface area contributed by atoms with Crippen LogP contribution in [0.15, 0.2) is 35.3 Å². The summed E-state index contributed by atoms with van der Waals surface area (Å²) in [6.45, 7) is 2.80. The molecule has 21 heavy (non-hydrogen) atoms. The van der Waals surface area contributed by atoms with E-state index in [4.69, 9.17) is 0 Å². The molecule has 0 unspecified atom stereocenters. The normalized spacial score (nSPS) is 19.6. The Morgan fingerprint density at radius 1 is 1.38 bits per heavy atom. The summed E-state index contributed by atoms with van der Waals surface area (Å²) in [5.74, 6) is -0.304. The van der Waals surface area contributed by atoms with Crippen LogP contribution in [0.3, 0.4) is 0 Å². The summed E-state index contributed by atoms with van der Waals surface area (Å²) < 4.78 is 0. The average molecular weight is 305 g/mol. The van der Waals surface area contributed by atoms with Crippen molar-refractivity contribution in [3.05, 3.63) is 30.3 Å². The summed E-state index contributed by atoms with van der Waals surface area (Å²) in [6.07, 6.45) is 2.22. The highest BCUT2D eigenvalue weighted by Crippen LogP contribution is 2.23. The Bertz CT molecular complexity index is 531. The number of nitrogens with zero attached hydrogens (tertiary/aromatic N) is 1. The summed E-state index contributed by atoms with van der Waals surface area (Å²) in [6, 6.07) is 9.22. The van der Waals surface area contributed by atoms with Crippen molar-refractivity contribution in [2.24, 2.45) is 4.99 Å². The standard InChI is InChI=1S/C15H19N3O2S/c1-2-3-9-16-15-18-14(20)12(21-15)10-13(19)17-11-7-5-4-6-8-11/h4-8,12H,2-3,9-10H2,1H3,(H,17,19)(H,16,18,20)/t12-/m1/s1. The fourth-order valence-electron chi connectivity index (χ4n) is 1.86. The van der Waals surface area contributed by atoms with Crippen LogP contribution in [-0.4, -0.2) is 28.8 Å². The van der Waals surface area contributed by atoms with E-state index in [0.29, 0.717) is 11.7 Å². The molecule has 2 amide bonds. The molecule has 1 aromatic carbocycles. The Morgan fingerprint density at radius 2 is 2.14 bits per heavy atom. The second-order valence-electron chi connectivity index (χ2n) is 4.75. The molecule has 1 heterocycles. The van der Waals surface area contributed by atoms with Crippen LogP contribution in [-0.2, 0) is 9.59 Å². The van der Waals surface area contributed by atoms with Crippen LogP contribution in [0.1, 0.15) is 26.2 Å². The number of amides is 2. The van der Waals surface area contributed by atoms with Crippen molar-refractivity contribution in [3.63, 3.8) is 0 Å². The molecule has 2 N–H and O–H groups in total. The molecule has 0 bridgehead atoms. The zero-order chi connectivity index (χ0) is 15.1. The number of carbonyl (C=O) groups excluding carboxylic acids is 2. The van der Waals surface area contributed by atoms with Crippen LogP contribution in [0.4, 0.5) is 5.69 Å². The molecule has 2 rings (SSSR count). The molecular weight excluding hydrogens is 286 g/mol. The topological polar surface area (TPSA) is 70.6 Å². The number of benzene rings is 1. The maximum atomic E-state index is 11.9. The van der Waals surface area contributed by atoms with Gasteiger partial charge in [-0.1, -0.05) is 43.3 Å². The third kappa shape index (κ3) is 4.90. The maximum Gasteiger partial charge on any atom is 0.240 e. The Labute approximate surface area is 128 Å². The van der Waals surface area contributed by atoms with Crippen molar-refractivity contribution < 1.29 is 9.59 Å². The number of anilines is 1. The molecule has 0 radical (unpaired) electrons. The molecule has 112 valence electrons. The molecule has 1 atom stereocenters. The van der Waals surface area contributed by atoms with E-state index in [9.17, 15) is 9.59 Å². The van der Waals surface area contributed by atoms with Gasteiger partial charge in [-0.05, 0) is 18.6 Å². The molecule has 0 aromatic heterocycles. The lowest BCUT2D eigenvalue weighted by atomic mass is 10.2. The third-order valence-corrected chi connectivity index (χ3v) is 4.09. The van der Waals surface area contributed by atoms with Gasteiger partial charge in [0.1, 0.15) is 5.25 Å². The monoisotopic (exact) mass is 305 g/mol. The van der Waals surface area contributed by atoms with Crippen molar-refractivity contribution in [2.45, 2.75) is 31.4 Å². The minimum Gasteiger partial charge on any atom is -0.326 e. The average Bonchev–Trinajstić information content (AvgIpc) is 2.80. The van der Waals surface area contributed by atoms with E-state index in [-0.39, 0.29) is 18.2 Å². The van der Waals surface area contributed by atoms with Gasteiger partial charge in [-0.3, -0.25) is 14.6 Å². The lowest BCUT2D eigenvalue weighted by Crippen LogP contribution is -2.28. The predicted octanol–water partition coefficient (Wildman–Crippen LogP) is 2.40. The largest absolute Gasteiger partial charge is 0.326 e. The molecule has 1 aliphatic rings. The SMILES string of the molecule is CCCCN=C1NC(=O)[C@@H](CC(=O)Nc2ccccc2)S1. The van der Waals surface area contributed by atoms with Gasteiger partial charge in [-0.2, -0.15) is 0 Å². The van der Waals surface area contributed by atoms with Gasteiger partial charge in [0.2, 0.25) is 11.8 Å². The highest BCUT2D eigenvalue weighted by atomic mass is 32.2. The van der Waals surface area contributed by atoms with Crippen molar-refractivity contribution >= 4 is 34.4 Å². The molecule has 1 fully saturated rings. The number of hydrogen-bond acceptors (Lipinski definition) is 4. The third-order valence-electron chi connectivity index (χ3n) is 2.97. The first-order valence-corrected chi connectivity index (χ1v) is 7.94. The fourth-order valence-corrected chi connectivity index (χ4v) is 2.85. The minimum atomic E-state index is -0.394.